The van der Waals surface area contributed by atoms with Gasteiger partial charge in [-0.2, -0.15) is 0 Å². The number of aromatic nitrogens is 3. The summed E-state index contributed by atoms with van der Waals surface area (Å²) in [6, 6.07) is 14.6. The van der Waals surface area contributed by atoms with Gasteiger partial charge >= 0.3 is 0 Å². The Morgan fingerprint density at radius 2 is 1.71 bits per heavy atom. The number of hydrogen-bond donors (Lipinski definition) is 2. The van der Waals surface area contributed by atoms with Crippen molar-refractivity contribution >= 4 is 23.2 Å². The van der Waals surface area contributed by atoms with E-state index < -0.39 is 0 Å². The molecule has 28 heavy (non-hydrogen) atoms. The maximum Gasteiger partial charge on any atom is 0.278 e. The molecule has 0 spiro atoms. The third kappa shape index (κ3) is 4.41. The molecule has 1 heterocycles. The number of amides is 2. The largest absolute Gasteiger partial charge is 0.375 e. The van der Waals surface area contributed by atoms with E-state index in [0.717, 1.165) is 11.3 Å². The molecule has 0 saturated carbocycles. The van der Waals surface area contributed by atoms with Crippen LogP contribution in [-0.2, 0) is 9.53 Å². The summed E-state index contributed by atoms with van der Waals surface area (Å²) < 4.78 is 6.41. The minimum atomic E-state index is -0.378. The first-order valence-corrected chi connectivity index (χ1v) is 8.67. The average molecular weight is 379 g/mol. The molecule has 0 aliphatic rings. The van der Waals surface area contributed by atoms with Gasteiger partial charge in [-0.25, -0.2) is 4.68 Å². The summed E-state index contributed by atoms with van der Waals surface area (Å²) in [6.45, 7) is 3.75. The van der Waals surface area contributed by atoms with Crippen LogP contribution in [0.4, 0.5) is 11.4 Å². The highest BCUT2D eigenvalue weighted by molar-refractivity contribution is 6.04. The predicted molar refractivity (Wildman–Crippen MR) is 106 cm³/mol. The summed E-state index contributed by atoms with van der Waals surface area (Å²) in [5.41, 5.74) is 3.92. The lowest BCUT2D eigenvalue weighted by atomic mass is 10.2. The maximum absolute atomic E-state index is 12.6. The van der Waals surface area contributed by atoms with E-state index >= 15 is 0 Å². The van der Waals surface area contributed by atoms with Gasteiger partial charge in [-0.3, -0.25) is 9.59 Å². The average Bonchev–Trinajstić information content (AvgIpc) is 3.04. The highest BCUT2D eigenvalue weighted by Crippen LogP contribution is 2.18. The van der Waals surface area contributed by atoms with Crippen molar-refractivity contribution in [3.8, 4) is 5.69 Å². The van der Waals surface area contributed by atoms with E-state index in [1.807, 2.05) is 31.2 Å². The Bertz CT molecular complexity index is 995. The van der Waals surface area contributed by atoms with Crippen molar-refractivity contribution in [1.82, 2.24) is 15.0 Å². The molecule has 1 aromatic heterocycles. The van der Waals surface area contributed by atoms with Gasteiger partial charge in [0.05, 0.1) is 11.4 Å². The second-order valence-corrected chi connectivity index (χ2v) is 6.29. The number of hydrogen-bond acceptors (Lipinski definition) is 5. The monoisotopic (exact) mass is 379 g/mol. The molecule has 144 valence electrons. The van der Waals surface area contributed by atoms with Crippen molar-refractivity contribution in [2.24, 2.45) is 0 Å². The van der Waals surface area contributed by atoms with E-state index in [1.165, 1.54) is 7.11 Å². The first-order valence-electron chi connectivity index (χ1n) is 8.67. The highest BCUT2D eigenvalue weighted by atomic mass is 16.5. The van der Waals surface area contributed by atoms with Gasteiger partial charge in [0, 0.05) is 18.5 Å². The van der Waals surface area contributed by atoms with Crippen molar-refractivity contribution in [3.05, 3.63) is 65.5 Å². The van der Waals surface area contributed by atoms with Crippen molar-refractivity contribution in [2.75, 3.05) is 24.4 Å². The Balaban J connectivity index is 1.75. The predicted octanol–water partition coefficient (Wildman–Crippen LogP) is 2.72. The Morgan fingerprint density at radius 1 is 1.04 bits per heavy atom. The molecule has 0 atom stereocenters. The van der Waals surface area contributed by atoms with E-state index in [2.05, 4.69) is 20.9 Å². The standard InChI is InChI=1S/C20H21N5O3/c1-13-7-9-17(10-8-13)25-14(2)19(23-24-25)20(27)22-16-6-4-5-15(11-16)21-18(26)12-28-3/h4-11H,12H2,1-3H3,(H,21,26)(H,22,27). The highest BCUT2D eigenvalue weighted by Gasteiger charge is 2.17. The Morgan fingerprint density at radius 3 is 2.39 bits per heavy atom. The number of benzene rings is 2. The van der Waals surface area contributed by atoms with Gasteiger partial charge < -0.3 is 15.4 Å². The van der Waals surface area contributed by atoms with Gasteiger partial charge in [0.2, 0.25) is 5.91 Å². The third-order valence-electron chi connectivity index (χ3n) is 4.07. The number of carbonyl (C=O) groups is 2. The lowest BCUT2D eigenvalue weighted by Gasteiger charge is -2.08. The number of aryl methyl sites for hydroxylation is 1. The van der Waals surface area contributed by atoms with Gasteiger partial charge in [-0.1, -0.05) is 29.0 Å². The number of ether oxygens (including phenoxy) is 1. The summed E-state index contributed by atoms with van der Waals surface area (Å²) in [6.07, 6.45) is 0. The summed E-state index contributed by atoms with van der Waals surface area (Å²) in [5, 5.41) is 13.6. The topological polar surface area (TPSA) is 98.1 Å². The molecule has 0 radical (unpaired) electrons. The minimum absolute atomic E-state index is 0.0438. The number of anilines is 2. The quantitative estimate of drug-likeness (QED) is 0.686. The molecule has 0 aliphatic heterocycles. The number of nitrogens with one attached hydrogen (secondary N) is 2. The molecule has 8 nitrogen and oxygen atoms in total. The van der Waals surface area contributed by atoms with Crippen LogP contribution in [0.2, 0.25) is 0 Å². The van der Waals surface area contributed by atoms with Crippen LogP contribution in [0, 0.1) is 13.8 Å². The third-order valence-corrected chi connectivity index (χ3v) is 4.07. The fourth-order valence-electron chi connectivity index (χ4n) is 2.66. The van der Waals surface area contributed by atoms with E-state index in [9.17, 15) is 9.59 Å². The van der Waals surface area contributed by atoms with Crippen molar-refractivity contribution in [2.45, 2.75) is 13.8 Å². The zero-order valence-electron chi connectivity index (χ0n) is 15.9. The zero-order valence-corrected chi connectivity index (χ0v) is 15.9. The Labute approximate surface area is 162 Å². The number of rotatable bonds is 6. The Hall–Kier alpha value is -3.52. The van der Waals surface area contributed by atoms with E-state index in [0.29, 0.717) is 17.1 Å². The molecule has 8 heteroatoms. The van der Waals surface area contributed by atoms with E-state index in [1.54, 1.807) is 35.9 Å². The Kier molecular flexibility index (Phi) is 5.81. The fourth-order valence-corrected chi connectivity index (χ4v) is 2.66. The summed E-state index contributed by atoms with van der Waals surface area (Å²) >= 11 is 0. The molecular formula is C20H21N5O3. The smallest absolute Gasteiger partial charge is 0.278 e. The summed E-state index contributed by atoms with van der Waals surface area (Å²) in [7, 11) is 1.45. The van der Waals surface area contributed by atoms with Crippen LogP contribution in [-0.4, -0.2) is 40.5 Å². The van der Waals surface area contributed by atoms with Gasteiger partial charge in [0.25, 0.3) is 5.91 Å². The van der Waals surface area contributed by atoms with Crippen LogP contribution in [0.5, 0.6) is 0 Å². The number of methoxy groups -OCH3 is 1. The normalized spacial score (nSPS) is 10.5. The van der Waals surface area contributed by atoms with Crippen LogP contribution in [0.15, 0.2) is 48.5 Å². The van der Waals surface area contributed by atoms with Crippen LogP contribution < -0.4 is 10.6 Å². The van der Waals surface area contributed by atoms with Gasteiger partial charge in [0.15, 0.2) is 5.69 Å². The van der Waals surface area contributed by atoms with E-state index in [4.69, 9.17) is 4.74 Å². The second kappa shape index (κ2) is 8.45. The molecule has 0 aliphatic carbocycles. The number of carbonyl (C=O) groups excluding carboxylic acids is 2. The molecule has 0 bridgehead atoms. The second-order valence-electron chi connectivity index (χ2n) is 6.29. The minimum Gasteiger partial charge on any atom is -0.375 e. The molecule has 0 saturated heterocycles. The molecule has 0 fully saturated rings. The summed E-state index contributed by atoms with van der Waals surface area (Å²) in [4.78, 5) is 24.3. The van der Waals surface area contributed by atoms with Crippen molar-refractivity contribution in [1.29, 1.82) is 0 Å². The molecular weight excluding hydrogens is 358 g/mol. The van der Waals surface area contributed by atoms with Crippen LogP contribution in [0.1, 0.15) is 21.7 Å². The van der Waals surface area contributed by atoms with Gasteiger partial charge in [-0.15, -0.1) is 5.10 Å². The molecule has 3 rings (SSSR count). The molecule has 2 aromatic carbocycles. The zero-order chi connectivity index (χ0) is 20.1. The first-order chi connectivity index (χ1) is 13.5. The van der Waals surface area contributed by atoms with E-state index in [-0.39, 0.29) is 24.1 Å². The lowest BCUT2D eigenvalue weighted by Crippen LogP contribution is -2.18. The van der Waals surface area contributed by atoms with Crippen LogP contribution in [0.3, 0.4) is 0 Å². The molecule has 3 aromatic rings. The van der Waals surface area contributed by atoms with Gasteiger partial charge in [-0.05, 0) is 44.2 Å². The molecule has 2 amide bonds. The van der Waals surface area contributed by atoms with Crippen LogP contribution in [0.25, 0.3) is 5.69 Å². The lowest BCUT2D eigenvalue weighted by molar-refractivity contribution is -0.119. The van der Waals surface area contributed by atoms with Gasteiger partial charge in [0.1, 0.15) is 6.61 Å². The SMILES string of the molecule is COCC(=O)Nc1cccc(NC(=O)c2nnn(-c3ccc(C)cc3)c2C)c1. The maximum atomic E-state index is 12.6. The van der Waals surface area contributed by atoms with Crippen molar-refractivity contribution < 1.29 is 14.3 Å². The molecule has 2 N–H and O–H groups in total. The first kappa shape index (κ1) is 19.2. The fraction of sp³-hybridized carbons (Fsp3) is 0.200. The van der Waals surface area contributed by atoms with Crippen molar-refractivity contribution in [3.63, 3.8) is 0 Å². The number of nitrogens with zero attached hydrogens (tertiary/aromatic N) is 3. The molecule has 0 unspecified atom stereocenters. The van der Waals surface area contributed by atoms with Crippen LogP contribution >= 0.6 is 0 Å². The summed E-state index contributed by atoms with van der Waals surface area (Å²) in [5.74, 6) is -0.654.